The van der Waals surface area contributed by atoms with Gasteiger partial charge in [-0.3, -0.25) is 9.59 Å². The molecule has 1 saturated carbocycles. The van der Waals surface area contributed by atoms with Gasteiger partial charge in [-0.05, 0) is 25.0 Å². The van der Waals surface area contributed by atoms with Crippen LogP contribution in [0.2, 0.25) is 0 Å². The fraction of sp³-hybridized carbons (Fsp3) is 0.632. The SMILES string of the molecule is O=C(CC1COCCN1)Nc1ccc(N2CCN(C(=O)C3CC3)CC2)nc1. The number of morpholine rings is 1. The minimum Gasteiger partial charge on any atom is -0.378 e. The molecule has 3 heterocycles. The maximum atomic E-state index is 12.1. The van der Waals surface area contributed by atoms with Gasteiger partial charge in [0, 0.05) is 51.1 Å². The van der Waals surface area contributed by atoms with Crippen LogP contribution in [0.5, 0.6) is 0 Å². The number of nitrogens with zero attached hydrogens (tertiary/aromatic N) is 3. The molecule has 8 nitrogen and oxygen atoms in total. The number of aromatic nitrogens is 1. The topological polar surface area (TPSA) is 86.8 Å². The number of ether oxygens (including phenoxy) is 1. The molecule has 1 aromatic heterocycles. The van der Waals surface area contributed by atoms with Crippen molar-refractivity contribution in [1.82, 2.24) is 15.2 Å². The van der Waals surface area contributed by atoms with Gasteiger partial charge in [0.1, 0.15) is 5.82 Å². The predicted molar refractivity (Wildman–Crippen MR) is 102 cm³/mol. The Morgan fingerprint density at radius 1 is 1.22 bits per heavy atom. The highest BCUT2D eigenvalue weighted by Crippen LogP contribution is 2.31. The predicted octanol–water partition coefficient (Wildman–Crippen LogP) is 0.457. The lowest BCUT2D eigenvalue weighted by molar-refractivity contribution is -0.132. The smallest absolute Gasteiger partial charge is 0.226 e. The molecule has 8 heteroatoms. The van der Waals surface area contributed by atoms with Crippen LogP contribution in [0, 0.1) is 5.92 Å². The minimum absolute atomic E-state index is 0.0419. The fourth-order valence-electron chi connectivity index (χ4n) is 3.58. The molecule has 0 spiro atoms. The van der Waals surface area contributed by atoms with Gasteiger partial charge in [0.25, 0.3) is 0 Å². The molecule has 1 unspecified atom stereocenters. The van der Waals surface area contributed by atoms with Crippen LogP contribution in [-0.2, 0) is 14.3 Å². The van der Waals surface area contributed by atoms with Crippen molar-refractivity contribution in [2.45, 2.75) is 25.3 Å². The Labute approximate surface area is 159 Å². The minimum atomic E-state index is -0.0419. The van der Waals surface area contributed by atoms with Crippen molar-refractivity contribution >= 4 is 23.3 Å². The van der Waals surface area contributed by atoms with Crippen molar-refractivity contribution in [2.24, 2.45) is 5.92 Å². The van der Waals surface area contributed by atoms with E-state index in [0.717, 1.165) is 51.4 Å². The van der Waals surface area contributed by atoms with E-state index in [4.69, 9.17) is 4.74 Å². The lowest BCUT2D eigenvalue weighted by atomic mass is 10.2. The number of carbonyl (C=O) groups is 2. The average molecular weight is 373 g/mol. The number of nitrogens with one attached hydrogen (secondary N) is 2. The van der Waals surface area contributed by atoms with Crippen LogP contribution in [0.15, 0.2) is 18.3 Å². The van der Waals surface area contributed by atoms with Crippen LogP contribution in [-0.4, -0.2) is 73.7 Å². The summed E-state index contributed by atoms with van der Waals surface area (Å²) in [6.45, 7) is 5.16. The normalized spacial score (nSPS) is 23.2. The van der Waals surface area contributed by atoms with Crippen molar-refractivity contribution in [2.75, 3.05) is 56.2 Å². The summed E-state index contributed by atoms with van der Waals surface area (Å²) in [5.41, 5.74) is 0.697. The molecule has 2 aliphatic heterocycles. The van der Waals surface area contributed by atoms with Crippen molar-refractivity contribution in [3.63, 3.8) is 0 Å². The summed E-state index contributed by atoms with van der Waals surface area (Å²) in [7, 11) is 0. The first-order chi connectivity index (χ1) is 13.2. The van der Waals surface area contributed by atoms with Gasteiger partial charge >= 0.3 is 0 Å². The second kappa shape index (κ2) is 8.22. The van der Waals surface area contributed by atoms with Crippen molar-refractivity contribution < 1.29 is 14.3 Å². The van der Waals surface area contributed by atoms with E-state index in [-0.39, 0.29) is 17.9 Å². The van der Waals surface area contributed by atoms with E-state index in [1.165, 1.54) is 0 Å². The third-order valence-electron chi connectivity index (χ3n) is 5.30. The van der Waals surface area contributed by atoms with E-state index in [1.807, 2.05) is 17.0 Å². The Kier molecular flexibility index (Phi) is 5.54. The van der Waals surface area contributed by atoms with Gasteiger partial charge in [-0.1, -0.05) is 0 Å². The Morgan fingerprint density at radius 3 is 2.67 bits per heavy atom. The van der Waals surface area contributed by atoms with Crippen LogP contribution < -0.4 is 15.5 Å². The van der Waals surface area contributed by atoms with Crippen LogP contribution in [0.3, 0.4) is 0 Å². The van der Waals surface area contributed by atoms with E-state index >= 15 is 0 Å². The number of carbonyl (C=O) groups excluding carboxylic acids is 2. The maximum absolute atomic E-state index is 12.1. The first kappa shape index (κ1) is 18.2. The number of anilines is 2. The van der Waals surface area contributed by atoms with Crippen LogP contribution in [0.25, 0.3) is 0 Å². The van der Waals surface area contributed by atoms with Gasteiger partial charge in [-0.15, -0.1) is 0 Å². The molecule has 2 N–H and O–H groups in total. The standard InChI is InChI=1S/C19H27N5O3/c25-18(11-16-13-27-10-5-20-16)22-15-3-4-17(21-12-15)23-6-8-24(9-7-23)19(26)14-1-2-14/h3-4,12,14,16,20H,1-2,5-11,13H2,(H,22,25). The molecule has 3 aliphatic rings. The summed E-state index contributed by atoms with van der Waals surface area (Å²) in [5, 5.41) is 6.17. The van der Waals surface area contributed by atoms with Gasteiger partial charge in [-0.25, -0.2) is 4.98 Å². The highest BCUT2D eigenvalue weighted by molar-refractivity contribution is 5.91. The van der Waals surface area contributed by atoms with Gasteiger partial charge in [0.15, 0.2) is 0 Å². The van der Waals surface area contributed by atoms with Crippen LogP contribution in [0.4, 0.5) is 11.5 Å². The lowest BCUT2D eigenvalue weighted by Crippen LogP contribution is -2.49. The molecular weight excluding hydrogens is 346 g/mol. The Balaban J connectivity index is 1.25. The highest BCUT2D eigenvalue weighted by atomic mass is 16.5. The van der Waals surface area contributed by atoms with Gasteiger partial charge in [-0.2, -0.15) is 0 Å². The molecule has 27 heavy (non-hydrogen) atoms. The number of piperazine rings is 1. The maximum Gasteiger partial charge on any atom is 0.226 e. The number of hydrogen-bond donors (Lipinski definition) is 2. The molecule has 1 aromatic rings. The molecule has 0 bridgehead atoms. The summed E-state index contributed by atoms with van der Waals surface area (Å²) in [6.07, 6.45) is 4.19. The number of amides is 2. The molecule has 2 saturated heterocycles. The third kappa shape index (κ3) is 4.75. The highest BCUT2D eigenvalue weighted by Gasteiger charge is 2.34. The largest absolute Gasteiger partial charge is 0.378 e. The van der Waals surface area contributed by atoms with E-state index < -0.39 is 0 Å². The Bertz CT molecular complexity index is 662. The molecule has 3 fully saturated rings. The summed E-state index contributed by atoms with van der Waals surface area (Å²) in [4.78, 5) is 32.9. The molecule has 4 rings (SSSR count). The average Bonchev–Trinajstić information content (AvgIpc) is 3.54. The molecule has 2 amide bonds. The third-order valence-corrected chi connectivity index (χ3v) is 5.30. The first-order valence-corrected chi connectivity index (χ1v) is 9.80. The van der Waals surface area contributed by atoms with E-state index in [0.29, 0.717) is 31.2 Å². The van der Waals surface area contributed by atoms with E-state index in [1.54, 1.807) is 6.20 Å². The van der Waals surface area contributed by atoms with Gasteiger partial charge in [0.05, 0.1) is 25.1 Å². The molecule has 0 aromatic carbocycles. The molecule has 146 valence electrons. The zero-order valence-electron chi connectivity index (χ0n) is 15.5. The zero-order chi connectivity index (χ0) is 18.6. The van der Waals surface area contributed by atoms with E-state index in [9.17, 15) is 9.59 Å². The Morgan fingerprint density at radius 2 is 2.04 bits per heavy atom. The van der Waals surface area contributed by atoms with Crippen molar-refractivity contribution in [3.8, 4) is 0 Å². The van der Waals surface area contributed by atoms with Gasteiger partial charge in [0.2, 0.25) is 11.8 Å². The van der Waals surface area contributed by atoms with Gasteiger partial charge < -0.3 is 25.2 Å². The fourth-order valence-corrected chi connectivity index (χ4v) is 3.58. The van der Waals surface area contributed by atoms with E-state index in [2.05, 4.69) is 20.5 Å². The summed E-state index contributed by atoms with van der Waals surface area (Å²) in [5.74, 6) is 1.44. The lowest BCUT2D eigenvalue weighted by Gasteiger charge is -2.35. The number of rotatable bonds is 5. The monoisotopic (exact) mass is 373 g/mol. The molecule has 1 atom stereocenters. The van der Waals surface area contributed by atoms with Crippen molar-refractivity contribution in [3.05, 3.63) is 18.3 Å². The molecular formula is C19H27N5O3. The van der Waals surface area contributed by atoms with Crippen molar-refractivity contribution in [1.29, 1.82) is 0 Å². The Hall–Kier alpha value is -2.19. The second-order valence-corrected chi connectivity index (χ2v) is 7.47. The summed E-state index contributed by atoms with van der Waals surface area (Å²) >= 11 is 0. The summed E-state index contributed by atoms with van der Waals surface area (Å²) < 4.78 is 5.37. The number of hydrogen-bond acceptors (Lipinski definition) is 6. The van der Waals surface area contributed by atoms with Crippen LogP contribution in [0.1, 0.15) is 19.3 Å². The molecule has 0 radical (unpaired) electrons. The molecule has 1 aliphatic carbocycles. The first-order valence-electron chi connectivity index (χ1n) is 9.80. The second-order valence-electron chi connectivity index (χ2n) is 7.47. The number of pyridine rings is 1. The summed E-state index contributed by atoms with van der Waals surface area (Å²) in [6, 6.07) is 3.88. The zero-order valence-corrected chi connectivity index (χ0v) is 15.5. The quantitative estimate of drug-likeness (QED) is 0.780. The van der Waals surface area contributed by atoms with Crippen LogP contribution >= 0.6 is 0 Å².